The molecule has 0 aliphatic carbocycles. The van der Waals surface area contributed by atoms with Crippen molar-refractivity contribution in [1.29, 1.82) is 0 Å². The smallest absolute Gasteiger partial charge is 0.239 e. The highest BCUT2D eigenvalue weighted by atomic mass is 79.9. The first-order valence-corrected chi connectivity index (χ1v) is 4.24. The summed E-state index contributed by atoms with van der Waals surface area (Å²) in [5, 5.41) is 2.68. The van der Waals surface area contributed by atoms with Gasteiger partial charge in [0.2, 0.25) is 11.8 Å². The highest BCUT2D eigenvalue weighted by Gasteiger charge is 2.09. The van der Waals surface area contributed by atoms with Gasteiger partial charge in [-0.2, -0.15) is 0 Å². The van der Waals surface area contributed by atoms with Gasteiger partial charge in [0.05, 0.1) is 11.9 Å². The molecule has 0 atom stereocenters. The van der Waals surface area contributed by atoms with Gasteiger partial charge < -0.3 is 10.2 Å². The molecule has 0 aromatic heterocycles. The summed E-state index contributed by atoms with van der Waals surface area (Å²) in [5.41, 5.74) is 0. The van der Waals surface area contributed by atoms with Gasteiger partial charge in [0, 0.05) is 14.1 Å². The third-order valence-electron chi connectivity index (χ3n) is 1.20. The Labute approximate surface area is 74.1 Å². The number of likely N-dealkylation sites (N-methyl/N-ethyl adjacent to an activating group) is 2. The second-order valence-corrected chi connectivity index (χ2v) is 2.62. The summed E-state index contributed by atoms with van der Waals surface area (Å²) in [6, 6.07) is 0. The molecule has 2 amide bonds. The van der Waals surface area contributed by atoms with E-state index < -0.39 is 0 Å². The minimum atomic E-state index is -0.165. The largest absolute Gasteiger partial charge is 0.358 e. The number of amides is 2. The Bertz CT molecular complexity index is 161. The topological polar surface area (TPSA) is 49.4 Å². The normalized spacial score (nSPS) is 9.00. The number of halogens is 1. The van der Waals surface area contributed by atoms with Crippen LogP contribution in [-0.4, -0.2) is 42.7 Å². The second-order valence-electron chi connectivity index (χ2n) is 2.06. The Balaban J connectivity index is 3.77. The van der Waals surface area contributed by atoms with Crippen molar-refractivity contribution in [2.75, 3.05) is 26.0 Å². The van der Waals surface area contributed by atoms with Gasteiger partial charge in [-0.3, -0.25) is 9.59 Å². The highest BCUT2D eigenvalue weighted by molar-refractivity contribution is 9.09. The number of nitrogens with zero attached hydrogens (tertiary/aromatic N) is 1. The van der Waals surface area contributed by atoms with Gasteiger partial charge in [-0.15, -0.1) is 0 Å². The van der Waals surface area contributed by atoms with Crippen LogP contribution in [0.25, 0.3) is 0 Å². The number of carbonyl (C=O) groups excluding carboxylic acids is 2. The maximum Gasteiger partial charge on any atom is 0.239 e. The standard InChI is InChI=1S/C6H11BrN2O2/c1-8-5(10)4-9(2)6(11)3-7/h3-4H2,1-2H3,(H,8,10). The van der Waals surface area contributed by atoms with Crippen LogP contribution in [0.3, 0.4) is 0 Å². The highest BCUT2D eigenvalue weighted by Crippen LogP contribution is 1.88. The van der Waals surface area contributed by atoms with Crippen LogP contribution >= 0.6 is 15.9 Å². The van der Waals surface area contributed by atoms with E-state index in [1.165, 1.54) is 11.9 Å². The van der Waals surface area contributed by atoms with Crippen molar-refractivity contribution in [3.05, 3.63) is 0 Å². The fourth-order valence-corrected chi connectivity index (χ4v) is 0.913. The predicted octanol–water partition coefficient (Wildman–Crippen LogP) is -0.414. The number of hydrogen-bond donors (Lipinski definition) is 1. The third-order valence-corrected chi connectivity index (χ3v) is 1.68. The summed E-state index contributed by atoms with van der Waals surface area (Å²) in [6.45, 7) is 0.112. The van der Waals surface area contributed by atoms with Gasteiger partial charge in [0.25, 0.3) is 0 Å². The SMILES string of the molecule is CNC(=O)CN(C)C(=O)CBr. The molecule has 0 bridgehead atoms. The van der Waals surface area contributed by atoms with Crippen molar-refractivity contribution in [1.82, 2.24) is 10.2 Å². The fourth-order valence-electron chi connectivity index (χ4n) is 0.485. The zero-order valence-electron chi connectivity index (χ0n) is 6.56. The minimum Gasteiger partial charge on any atom is -0.358 e. The molecule has 0 fully saturated rings. The van der Waals surface area contributed by atoms with Gasteiger partial charge in [-0.1, -0.05) is 15.9 Å². The quantitative estimate of drug-likeness (QED) is 0.661. The minimum absolute atomic E-state index is 0.103. The van der Waals surface area contributed by atoms with E-state index in [1.54, 1.807) is 7.05 Å². The van der Waals surface area contributed by atoms with Crippen molar-refractivity contribution in [2.24, 2.45) is 0 Å². The summed E-state index contributed by atoms with van der Waals surface area (Å²) in [5.74, 6) is -0.268. The number of carbonyl (C=O) groups is 2. The molecule has 0 radical (unpaired) electrons. The average molecular weight is 223 g/mol. The summed E-state index contributed by atoms with van der Waals surface area (Å²) >= 11 is 3.00. The first kappa shape index (κ1) is 10.4. The fraction of sp³-hybridized carbons (Fsp3) is 0.667. The van der Waals surface area contributed by atoms with E-state index >= 15 is 0 Å². The van der Waals surface area contributed by atoms with Crippen molar-refractivity contribution in [2.45, 2.75) is 0 Å². The molecule has 11 heavy (non-hydrogen) atoms. The van der Waals surface area contributed by atoms with Crippen molar-refractivity contribution < 1.29 is 9.59 Å². The molecule has 0 aromatic carbocycles. The Morgan fingerprint density at radius 2 is 2.09 bits per heavy atom. The van der Waals surface area contributed by atoms with Gasteiger partial charge in [-0.05, 0) is 0 Å². The zero-order chi connectivity index (χ0) is 8.85. The van der Waals surface area contributed by atoms with Crippen LogP contribution < -0.4 is 5.32 Å². The molecule has 0 heterocycles. The molecule has 0 unspecified atom stereocenters. The summed E-state index contributed by atoms with van der Waals surface area (Å²) < 4.78 is 0. The molecule has 1 N–H and O–H groups in total. The summed E-state index contributed by atoms with van der Waals surface area (Å²) in [7, 11) is 3.12. The van der Waals surface area contributed by atoms with Crippen molar-refractivity contribution in [3.63, 3.8) is 0 Å². The molecule has 0 rings (SSSR count). The van der Waals surface area contributed by atoms with Gasteiger partial charge in [0.15, 0.2) is 0 Å². The molecule has 64 valence electrons. The van der Waals surface area contributed by atoms with Crippen LogP contribution in [-0.2, 0) is 9.59 Å². The van der Waals surface area contributed by atoms with E-state index in [1.807, 2.05) is 0 Å². The summed E-state index contributed by atoms with van der Waals surface area (Å²) in [4.78, 5) is 22.9. The van der Waals surface area contributed by atoms with Crippen LogP contribution in [0.5, 0.6) is 0 Å². The molecule has 0 saturated carbocycles. The number of nitrogens with one attached hydrogen (secondary N) is 1. The molecular weight excluding hydrogens is 212 g/mol. The maximum atomic E-state index is 10.9. The number of hydrogen-bond acceptors (Lipinski definition) is 2. The molecule has 4 nitrogen and oxygen atoms in total. The van der Waals surface area contributed by atoms with Crippen LogP contribution in [0.4, 0.5) is 0 Å². The lowest BCUT2D eigenvalue weighted by atomic mass is 10.5. The Morgan fingerprint density at radius 1 is 1.55 bits per heavy atom. The average Bonchev–Trinajstić information content (AvgIpc) is 2.02. The molecule has 0 aliphatic heterocycles. The second kappa shape index (κ2) is 5.12. The molecule has 0 aromatic rings. The maximum absolute atomic E-state index is 10.9. The lowest BCUT2D eigenvalue weighted by molar-refractivity contribution is -0.132. The Morgan fingerprint density at radius 3 is 2.45 bits per heavy atom. The van der Waals surface area contributed by atoms with Gasteiger partial charge >= 0.3 is 0 Å². The van der Waals surface area contributed by atoms with E-state index in [2.05, 4.69) is 21.2 Å². The number of alkyl halides is 1. The van der Waals surface area contributed by atoms with Gasteiger partial charge in [0.1, 0.15) is 0 Å². The molecule has 0 saturated heterocycles. The third kappa shape index (κ3) is 3.98. The van der Waals surface area contributed by atoms with E-state index in [-0.39, 0.29) is 23.7 Å². The van der Waals surface area contributed by atoms with Crippen LogP contribution in [0, 0.1) is 0 Å². The van der Waals surface area contributed by atoms with Crippen LogP contribution in [0.15, 0.2) is 0 Å². The zero-order valence-corrected chi connectivity index (χ0v) is 8.14. The first-order valence-electron chi connectivity index (χ1n) is 3.12. The first-order chi connectivity index (χ1) is 5.11. The molecule has 5 heteroatoms. The molecule has 0 spiro atoms. The Kier molecular flexibility index (Phi) is 4.85. The monoisotopic (exact) mass is 222 g/mol. The van der Waals surface area contributed by atoms with Crippen molar-refractivity contribution in [3.8, 4) is 0 Å². The van der Waals surface area contributed by atoms with Crippen LogP contribution in [0.1, 0.15) is 0 Å². The lowest BCUT2D eigenvalue weighted by Crippen LogP contribution is -2.37. The number of rotatable bonds is 3. The predicted molar refractivity (Wildman–Crippen MR) is 45.5 cm³/mol. The van der Waals surface area contributed by atoms with Crippen LogP contribution in [0.2, 0.25) is 0 Å². The Hall–Kier alpha value is -0.580. The van der Waals surface area contributed by atoms with E-state index in [9.17, 15) is 9.59 Å². The van der Waals surface area contributed by atoms with E-state index in [0.29, 0.717) is 0 Å². The van der Waals surface area contributed by atoms with Crippen molar-refractivity contribution >= 4 is 27.7 Å². The molecule has 0 aliphatic rings. The van der Waals surface area contributed by atoms with Gasteiger partial charge in [-0.25, -0.2) is 0 Å². The molecular formula is C6H11BrN2O2. The summed E-state index contributed by atoms with van der Waals surface area (Å²) in [6.07, 6.45) is 0. The van der Waals surface area contributed by atoms with E-state index in [0.717, 1.165) is 0 Å². The van der Waals surface area contributed by atoms with E-state index in [4.69, 9.17) is 0 Å². The lowest BCUT2D eigenvalue weighted by Gasteiger charge is -2.13.